The standard InChI is InChI=1S/C8H12N2S/c1-5-7(4-9)11-8(10-5)6-2-3-6/h6H,2-4,9H2,1H3. The number of aryl methyl sites for hydroxylation is 1. The van der Waals surface area contributed by atoms with E-state index in [1.807, 2.05) is 6.92 Å². The van der Waals surface area contributed by atoms with Gasteiger partial charge in [0.05, 0.1) is 10.7 Å². The molecule has 2 rings (SSSR count). The zero-order valence-corrected chi connectivity index (χ0v) is 7.45. The van der Waals surface area contributed by atoms with Gasteiger partial charge in [-0.3, -0.25) is 0 Å². The number of rotatable bonds is 2. The van der Waals surface area contributed by atoms with Gasteiger partial charge in [0.25, 0.3) is 0 Å². The summed E-state index contributed by atoms with van der Waals surface area (Å²) in [4.78, 5) is 5.74. The number of nitrogens with two attached hydrogens (primary N) is 1. The lowest BCUT2D eigenvalue weighted by atomic mass is 10.4. The summed E-state index contributed by atoms with van der Waals surface area (Å²) in [6, 6.07) is 0. The molecule has 0 atom stereocenters. The molecular formula is C8H12N2S. The molecule has 3 heteroatoms. The van der Waals surface area contributed by atoms with Crippen LogP contribution in [0.2, 0.25) is 0 Å². The van der Waals surface area contributed by atoms with Crippen LogP contribution >= 0.6 is 11.3 Å². The summed E-state index contributed by atoms with van der Waals surface area (Å²) in [6.07, 6.45) is 2.66. The SMILES string of the molecule is Cc1nc(C2CC2)sc1CN. The highest BCUT2D eigenvalue weighted by Gasteiger charge is 2.27. The van der Waals surface area contributed by atoms with Crippen LogP contribution in [0.25, 0.3) is 0 Å². The Labute approximate surface area is 70.5 Å². The Balaban J connectivity index is 2.28. The molecule has 0 aromatic carbocycles. The third kappa shape index (κ3) is 1.30. The van der Waals surface area contributed by atoms with Crippen molar-refractivity contribution in [3.05, 3.63) is 15.6 Å². The maximum Gasteiger partial charge on any atom is 0.0962 e. The van der Waals surface area contributed by atoms with E-state index in [0.29, 0.717) is 6.54 Å². The zero-order chi connectivity index (χ0) is 7.84. The first-order valence-electron chi connectivity index (χ1n) is 3.97. The van der Waals surface area contributed by atoms with Crippen molar-refractivity contribution >= 4 is 11.3 Å². The summed E-state index contributed by atoms with van der Waals surface area (Å²) in [5.41, 5.74) is 6.69. The van der Waals surface area contributed by atoms with Crippen LogP contribution in [0, 0.1) is 6.92 Å². The van der Waals surface area contributed by atoms with Gasteiger partial charge < -0.3 is 5.73 Å². The van der Waals surface area contributed by atoms with Gasteiger partial charge in [-0.15, -0.1) is 11.3 Å². The molecule has 1 aliphatic carbocycles. The number of nitrogens with zero attached hydrogens (tertiary/aromatic N) is 1. The first kappa shape index (κ1) is 7.25. The number of aromatic nitrogens is 1. The van der Waals surface area contributed by atoms with Crippen molar-refractivity contribution in [1.82, 2.24) is 4.98 Å². The third-order valence-corrected chi connectivity index (χ3v) is 3.36. The highest BCUT2D eigenvalue weighted by atomic mass is 32.1. The van der Waals surface area contributed by atoms with Crippen molar-refractivity contribution in [2.45, 2.75) is 32.2 Å². The Morgan fingerprint density at radius 2 is 2.36 bits per heavy atom. The second-order valence-corrected chi connectivity index (χ2v) is 4.15. The average Bonchev–Trinajstić information content (AvgIpc) is 2.76. The van der Waals surface area contributed by atoms with Gasteiger partial charge >= 0.3 is 0 Å². The summed E-state index contributed by atoms with van der Waals surface area (Å²) in [5.74, 6) is 0.777. The zero-order valence-electron chi connectivity index (χ0n) is 6.63. The van der Waals surface area contributed by atoms with E-state index in [4.69, 9.17) is 5.73 Å². The van der Waals surface area contributed by atoms with Crippen molar-refractivity contribution in [2.24, 2.45) is 5.73 Å². The van der Waals surface area contributed by atoms with E-state index in [0.717, 1.165) is 11.6 Å². The van der Waals surface area contributed by atoms with E-state index in [9.17, 15) is 0 Å². The van der Waals surface area contributed by atoms with Gasteiger partial charge in [0.15, 0.2) is 0 Å². The van der Waals surface area contributed by atoms with Crippen molar-refractivity contribution < 1.29 is 0 Å². The summed E-state index contributed by atoms with van der Waals surface area (Å²) < 4.78 is 0. The van der Waals surface area contributed by atoms with Gasteiger partial charge in [0.2, 0.25) is 0 Å². The molecule has 1 aliphatic rings. The maximum atomic E-state index is 5.55. The monoisotopic (exact) mass is 168 g/mol. The molecule has 2 nitrogen and oxygen atoms in total. The van der Waals surface area contributed by atoms with E-state index in [-0.39, 0.29) is 0 Å². The molecule has 2 N–H and O–H groups in total. The fraction of sp³-hybridized carbons (Fsp3) is 0.625. The van der Waals surface area contributed by atoms with Crippen LogP contribution in [0.1, 0.15) is 34.3 Å². The van der Waals surface area contributed by atoms with Crippen LogP contribution in [-0.4, -0.2) is 4.98 Å². The van der Waals surface area contributed by atoms with Gasteiger partial charge in [0.1, 0.15) is 0 Å². The molecule has 0 amide bonds. The Kier molecular flexibility index (Phi) is 1.69. The molecule has 1 saturated carbocycles. The lowest BCUT2D eigenvalue weighted by Gasteiger charge is -1.86. The summed E-state index contributed by atoms with van der Waals surface area (Å²) >= 11 is 1.79. The van der Waals surface area contributed by atoms with E-state index < -0.39 is 0 Å². The minimum Gasteiger partial charge on any atom is -0.326 e. The Bertz CT molecular complexity index is 263. The molecular weight excluding hydrogens is 156 g/mol. The molecule has 0 spiro atoms. The smallest absolute Gasteiger partial charge is 0.0962 e. The predicted octanol–water partition coefficient (Wildman–Crippen LogP) is 1.79. The van der Waals surface area contributed by atoms with Gasteiger partial charge in [0, 0.05) is 17.3 Å². The molecule has 1 aromatic heterocycles. The second-order valence-electron chi connectivity index (χ2n) is 3.04. The quantitative estimate of drug-likeness (QED) is 0.731. The molecule has 1 aromatic rings. The van der Waals surface area contributed by atoms with E-state index in [2.05, 4.69) is 4.98 Å². The Morgan fingerprint density at radius 3 is 2.82 bits per heavy atom. The summed E-state index contributed by atoms with van der Waals surface area (Å²) in [5, 5.41) is 1.31. The molecule has 1 heterocycles. The second kappa shape index (κ2) is 2.57. The van der Waals surface area contributed by atoms with E-state index >= 15 is 0 Å². The Morgan fingerprint density at radius 1 is 1.64 bits per heavy atom. The highest BCUT2D eigenvalue weighted by Crippen LogP contribution is 2.42. The van der Waals surface area contributed by atoms with Crippen molar-refractivity contribution in [3.8, 4) is 0 Å². The minimum atomic E-state index is 0.649. The largest absolute Gasteiger partial charge is 0.326 e. The average molecular weight is 168 g/mol. The summed E-state index contributed by atoms with van der Waals surface area (Å²) in [7, 11) is 0. The molecule has 0 bridgehead atoms. The van der Waals surface area contributed by atoms with Gasteiger partial charge in [-0.1, -0.05) is 0 Å². The topological polar surface area (TPSA) is 38.9 Å². The predicted molar refractivity (Wildman–Crippen MR) is 46.7 cm³/mol. The normalized spacial score (nSPS) is 17.3. The first-order chi connectivity index (χ1) is 5.31. The van der Waals surface area contributed by atoms with Crippen LogP contribution in [-0.2, 0) is 6.54 Å². The van der Waals surface area contributed by atoms with Crippen LogP contribution in [0.4, 0.5) is 0 Å². The fourth-order valence-corrected chi connectivity index (χ4v) is 2.26. The van der Waals surface area contributed by atoms with E-state index in [1.54, 1.807) is 11.3 Å². The van der Waals surface area contributed by atoms with E-state index in [1.165, 1.54) is 22.7 Å². The lowest BCUT2D eigenvalue weighted by Crippen LogP contribution is -1.94. The third-order valence-electron chi connectivity index (χ3n) is 2.02. The molecule has 1 fully saturated rings. The maximum absolute atomic E-state index is 5.55. The van der Waals surface area contributed by atoms with Crippen LogP contribution in [0.5, 0.6) is 0 Å². The molecule has 0 unspecified atom stereocenters. The van der Waals surface area contributed by atoms with Gasteiger partial charge in [-0.05, 0) is 19.8 Å². The number of thiazole rings is 1. The molecule has 0 radical (unpaired) electrons. The lowest BCUT2D eigenvalue weighted by molar-refractivity contribution is 1.02. The molecule has 11 heavy (non-hydrogen) atoms. The van der Waals surface area contributed by atoms with Crippen LogP contribution < -0.4 is 5.73 Å². The molecule has 0 aliphatic heterocycles. The highest BCUT2D eigenvalue weighted by molar-refractivity contribution is 7.11. The summed E-state index contributed by atoms with van der Waals surface area (Å²) in [6.45, 7) is 2.70. The van der Waals surface area contributed by atoms with Crippen molar-refractivity contribution in [1.29, 1.82) is 0 Å². The fourth-order valence-electron chi connectivity index (χ4n) is 1.14. The van der Waals surface area contributed by atoms with Crippen LogP contribution in [0.15, 0.2) is 0 Å². The van der Waals surface area contributed by atoms with Gasteiger partial charge in [-0.2, -0.15) is 0 Å². The molecule has 0 saturated heterocycles. The van der Waals surface area contributed by atoms with Gasteiger partial charge in [-0.25, -0.2) is 4.98 Å². The van der Waals surface area contributed by atoms with Crippen LogP contribution in [0.3, 0.4) is 0 Å². The minimum absolute atomic E-state index is 0.649. The first-order valence-corrected chi connectivity index (χ1v) is 4.79. The van der Waals surface area contributed by atoms with Crippen molar-refractivity contribution in [3.63, 3.8) is 0 Å². The number of hydrogen-bond acceptors (Lipinski definition) is 3. The number of hydrogen-bond donors (Lipinski definition) is 1. The Hall–Kier alpha value is -0.410. The molecule has 60 valence electrons. The van der Waals surface area contributed by atoms with Crippen molar-refractivity contribution in [2.75, 3.05) is 0 Å².